The summed E-state index contributed by atoms with van der Waals surface area (Å²) in [6.45, 7) is 0.896. The minimum Gasteiger partial charge on any atom is -0.506 e. The molecular formula is C47H36F12N4O8. The molecule has 12 nitrogen and oxygen atoms in total. The Morgan fingerprint density at radius 3 is 1.20 bits per heavy atom. The molecule has 24 heteroatoms. The van der Waals surface area contributed by atoms with Gasteiger partial charge in [-0.1, -0.05) is 36.4 Å². The van der Waals surface area contributed by atoms with E-state index in [0.717, 1.165) is 26.1 Å². The van der Waals surface area contributed by atoms with E-state index in [2.05, 4.69) is 16.0 Å². The summed E-state index contributed by atoms with van der Waals surface area (Å²) in [5, 5.41) is 60.5. The number of phenols is 4. The minimum absolute atomic E-state index is 0.0282. The predicted octanol–water partition coefficient (Wildman–Crippen LogP) is 11.5. The Hall–Kier alpha value is -8.02. The number of aliphatic hydroxyl groups excluding tert-OH is 1. The standard InChI is InChI=1S/C47H36F12N4O8/c1-23(64)61-33-20-27(8-16-37(33)66)43(46(54,55)56,47(57,58)59)29-10-18-39(68)35(22-29)63-41(70)25-5-13-31(14-6-25)71-30-11-3-24(4-12-30)40(69)62-34-21-28(9-17-38(34)67)42(44(48,49)50,45(51,52)53)26-7-15-36(65)32(19-26)60-2/h3-22,40,60,62,65-69H,1-2H3,(H,61,64)(H,63,70)/t40-/m0/s1. The Bertz CT molecular complexity index is 2910. The molecule has 2 amide bonds. The minimum atomic E-state index is -6.15. The van der Waals surface area contributed by atoms with E-state index < -0.39 is 122 Å². The van der Waals surface area contributed by atoms with Crippen LogP contribution in [0.2, 0.25) is 0 Å². The fraction of sp³-hybridized carbons (Fsp3) is 0.191. The van der Waals surface area contributed by atoms with Crippen LogP contribution >= 0.6 is 0 Å². The highest BCUT2D eigenvalue weighted by atomic mass is 19.4. The number of hydrogen-bond acceptors (Lipinski definition) is 10. The number of benzene rings is 6. The summed E-state index contributed by atoms with van der Waals surface area (Å²) in [7, 11) is 1.16. The third-order valence-electron chi connectivity index (χ3n) is 11.1. The van der Waals surface area contributed by atoms with E-state index in [-0.39, 0.29) is 34.8 Å². The molecule has 0 aliphatic carbocycles. The molecule has 6 rings (SSSR count). The predicted molar refractivity (Wildman–Crippen MR) is 232 cm³/mol. The number of aromatic hydroxyl groups is 4. The second-order valence-corrected chi connectivity index (χ2v) is 15.5. The van der Waals surface area contributed by atoms with E-state index in [1.807, 2.05) is 5.32 Å². The molecule has 0 saturated carbocycles. The van der Waals surface area contributed by atoms with Gasteiger partial charge < -0.3 is 51.5 Å². The Labute approximate surface area is 392 Å². The van der Waals surface area contributed by atoms with Crippen LogP contribution in [0.5, 0.6) is 34.5 Å². The fourth-order valence-electron chi connectivity index (χ4n) is 7.70. The number of phenolic OH excluding ortho intramolecular Hbond substituents is 4. The SMILES string of the molecule is CNc1cc(C(c2ccc(O)c(N[C@@H](O)c3ccc(Oc4ccc(C(=O)Nc5cc(C(c6ccc(O)c(NC(C)=O)c6)(C(F)(F)F)C(F)(F)F)ccc5O)cc4)cc3)c2)(C(F)(F)F)C(F)(F)F)ccc1O. The van der Waals surface area contributed by atoms with Crippen molar-refractivity contribution in [2.45, 2.75) is 48.7 Å². The van der Waals surface area contributed by atoms with Gasteiger partial charge in [-0.05, 0) is 107 Å². The highest BCUT2D eigenvalue weighted by Crippen LogP contribution is 2.59. The number of rotatable bonds is 13. The summed E-state index contributed by atoms with van der Waals surface area (Å²) in [6, 6.07) is 14.8. The molecule has 0 bridgehead atoms. The van der Waals surface area contributed by atoms with E-state index in [1.54, 1.807) is 0 Å². The number of halogens is 12. The molecule has 9 N–H and O–H groups in total. The lowest BCUT2D eigenvalue weighted by Crippen LogP contribution is -2.54. The molecule has 0 unspecified atom stereocenters. The zero-order valence-corrected chi connectivity index (χ0v) is 36.1. The normalized spacial score (nSPS) is 13.0. The average Bonchev–Trinajstić information content (AvgIpc) is 3.26. The molecule has 0 saturated heterocycles. The number of anilines is 4. The van der Waals surface area contributed by atoms with Gasteiger partial charge in [0.05, 0.1) is 22.7 Å². The molecule has 71 heavy (non-hydrogen) atoms. The lowest BCUT2D eigenvalue weighted by molar-refractivity contribution is -0.290. The fourth-order valence-corrected chi connectivity index (χ4v) is 7.70. The Morgan fingerprint density at radius 2 is 0.817 bits per heavy atom. The maximum atomic E-state index is 14.9. The first-order chi connectivity index (χ1) is 33.0. The van der Waals surface area contributed by atoms with Crippen molar-refractivity contribution in [2.75, 3.05) is 28.3 Å². The van der Waals surface area contributed by atoms with Crippen molar-refractivity contribution in [1.82, 2.24) is 0 Å². The number of carbonyl (C=O) groups excluding carboxylic acids is 2. The Kier molecular flexibility index (Phi) is 14.1. The highest BCUT2D eigenvalue weighted by Gasteiger charge is 2.74. The third kappa shape index (κ3) is 9.91. The van der Waals surface area contributed by atoms with Crippen molar-refractivity contribution in [2.24, 2.45) is 0 Å². The van der Waals surface area contributed by atoms with Gasteiger partial charge >= 0.3 is 24.7 Å². The number of nitrogens with one attached hydrogen (secondary N) is 4. The first-order valence-electron chi connectivity index (χ1n) is 20.2. The van der Waals surface area contributed by atoms with Crippen molar-refractivity contribution < 1.29 is 92.5 Å². The van der Waals surface area contributed by atoms with Crippen molar-refractivity contribution in [3.8, 4) is 34.5 Å². The third-order valence-corrected chi connectivity index (χ3v) is 11.1. The van der Waals surface area contributed by atoms with Gasteiger partial charge in [0.2, 0.25) is 16.7 Å². The Balaban J connectivity index is 1.20. The number of alkyl halides is 12. The van der Waals surface area contributed by atoms with E-state index in [4.69, 9.17) is 4.74 Å². The maximum absolute atomic E-state index is 14.9. The quantitative estimate of drug-likeness (QED) is 0.0305. The molecule has 1 atom stereocenters. The molecule has 0 aromatic heterocycles. The summed E-state index contributed by atoms with van der Waals surface area (Å²) in [6.07, 6.45) is -26.2. The summed E-state index contributed by atoms with van der Waals surface area (Å²) in [5.74, 6) is -5.23. The molecule has 0 aliphatic rings. The first kappa shape index (κ1) is 52.4. The van der Waals surface area contributed by atoms with E-state index in [9.17, 15) is 87.8 Å². The van der Waals surface area contributed by atoms with Crippen LogP contribution in [0.1, 0.15) is 51.3 Å². The van der Waals surface area contributed by atoms with E-state index >= 15 is 0 Å². The molecule has 0 fully saturated rings. The van der Waals surface area contributed by atoms with Crippen molar-refractivity contribution in [3.63, 3.8) is 0 Å². The van der Waals surface area contributed by atoms with Gasteiger partial charge in [-0.2, -0.15) is 52.7 Å². The summed E-state index contributed by atoms with van der Waals surface area (Å²) >= 11 is 0. The topological polar surface area (TPSA) is 193 Å². The average molecular weight is 1010 g/mol. The first-order valence-corrected chi connectivity index (χ1v) is 20.2. The molecule has 0 aliphatic heterocycles. The summed E-state index contributed by atoms with van der Waals surface area (Å²) in [4.78, 5) is 24.8. The zero-order valence-electron chi connectivity index (χ0n) is 36.1. The van der Waals surface area contributed by atoms with Gasteiger partial charge in [-0.25, -0.2) is 0 Å². The van der Waals surface area contributed by atoms with Crippen molar-refractivity contribution in [3.05, 3.63) is 155 Å². The van der Waals surface area contributed by atoms with E-state index in [1.165, 1.54) is 36.4 Å². The van der Waals surface area contributed by atoms with Crippen LogP contribution in [-0.2, 0) is 15.6 Å². The molecule has 376 valence electrons. The van der Waals surface area contributed by atoms with Crippen LogP contribution in [-0.4, -0.2) is 69.1 Å². The number of hydrogen-bond donors (Lipinski definition) is 9. The van der Waals surface area contributed by atoms with Gasteiger partial charge in [-0.15, -0.1) is 0 Å². The van der Waals surface area contributed by atoms with Gasteiger partial charge in [-0.3, -0.25) is 9.59 Å². The number of ether oxygens (including phenoxy) is 1. The summed E-state index contributed by atoms with van der Waals surface area (Å²) < 4.78 is 184. The largest absolute Gasteiger partial charge is 0.506 e. The monoisotopic (exact) mass is 1010 g/mol. The van der Waals surface area contributed by atoms with Crippen LogP contribution in [0.15, 0.2) is 121 Å². The van der Waals surface area contributed by atoms with Gasteiger partial charge in [0, 0.05) is 25.1 Å². The number of aliphatic hydroxyl groups is 1. The molecule has 0 heterocycles. The lowest BCUT2D eigenvalue weighted by Gasteiger charge is -2.38. The smallest absolute Gasteiger partial charge is 0.411 e. The van der Waals surface area contributed by atoms with Crippen LogP contribution < -0.4 is 26.0 Å². The van der Waals surface area contributed by atoms with Gasteiger partial charge in [0.25, 0.3) is 5.91 Å². The zero-order chi connectivity index (χ0) is 52.6. The lowest BCUT2D eigenvalue weighted by atomic mass is 9.72. The molecule has 6 aromatic rings. The molecule has 6 aromatic carbocycles. The van der Waals surface area contributed by atoms with Crippen LogP contribution in [0.3, 0.4) is 0 Å². The molecule has 0 spiro atoms. The van der Waals surface area contributed by atoms with Crippen LogP contribution in [0.25, 0.3) is 0 Å². The number of carbonyl (C=O) groups is 2. The second kappa shape index (κ2) is 19.1. The highest BCUT2D eigenvalue weighted by molar-refractivity contribution is 6.05. The van der Waals surface area contributed by atoms with Gasteiger partial charge in [0.1, 0.15) is 34.5 Å². The van der Waals surface area contributed by atoms with Crippen LogP contribution in [0.4, 0.5) is 75.4 Å². The molecular weight excluding hydrogens is 977 g/mol. The van der Waals surface area contributed by atoms with Gasteiger partial charge in [0.15, 0.2) is 6.23 Å². The molecule has 0 radical (unpaired) electrons. The van der Waals surface area contributed by atoms with Crippen LogP contribution in [0, 0.1) is 0 Å². The maximum Gasteiger partial charge on any atom is 0.411 e. The second-order valence-electron chi connectivity index (χ2n) is 15.5. The van der Waals surface area contributed by atoms with E-state index in [0.29, 0.717) is 60.7 Å². The summed E-state index contributed by atoms with van der Waals surface area (Å²) in [5.41, 5.74) is -18.4. The Morgan fingerprint density at radius 1 is 0.479 bits per heavy atom. The van der Waals surface area contributed by atoms with Crippen molar-refractivity contribution in [1.29, 1.82) is 0 Å². The number of amides is 2. The van der Waals surface area contributed by atoms with Crippen molar-refractivity contribution >= 4 is 34.6 Å².